The summed E-state index contributed by atoms with van der Waals surface area (Å²) in [6.45, 7) is 6.17. The molecular weight excluding hydrogens is 453 g/mol. The van der Waals surface area contributed by atoms with E-state index in [9.17, 15) is 31.9 Å². The van der Waals surface area contributed by atoms with E-state index >= 15 is 0 Å². The fourth-order valence-corrected chi connectivity index (χ4v) is 2.76. The number of hydrogen-bond donors (Lipinski definition) is 2. The molecule has 0 aliphatic heterocycles. The summed E-state index contributed by atoms with van der Waals surface area (Å²) in [7, 11) is 1.37. The number of hydrogen-bond acceptors (Lipinski definition) is 5. The molecule has 0 fully saturated rings. The van der Waals surface area contributed by atoms with Gasteiger partial charge in [-0.3, -0.25) is 0 Å². The number of halogens is 5. The number of aliphatic hydroxyl groups excluding tert-OH is 1. The van der Waals surface area contributed by atoms with Gasteiger partial charge >= 0.3 is 18.2 Å². The number of aliphatic hydroxyl groups is 1. The number of methoxy groups -OCH3 is 1. The van der Waals surface area contributed by atoms with Gasteiger partial charge in [0.25, 0.3) is 0 Å². The standard InChI is InChI=1S/C22H32F5NO5/c1-19(2,3)33-18(30)28-20(4,14-29)11-9-15-7-8-16(17(13-15)31-5)32-12-6-10-21(23,24)22(25,26)27/h7-8,13,29H,6,9-12,14H2,1-5H3,(H,28,30)/t20-/m1/s1. The van der Waals surface area contributed by atoms with E-state index in [0.29, 0.717) is 12.8 Å². The molecule has 0 aliphatic rings. The molecule has 0 heterocycles. The Balaban J connectivity index is 2.69. The van der Waals surface area contributed by atoms with Crippen LogP contribution in [0.3, 0.4) is 0 Å². The van der Waals surface area contributed by atoms with Gasteiger partial charge in [-0.15, -0.1) is 0 Å². The predicted molar refractivity (Wildman–Crippen MR) is 112 cm³/mol. The molecule has 2 N–H and O–H groups in total. The number of aryl methyl sites for hydroxylation is 1. The number of rotatable bonds is 11. The van der Waals surface area contributed by atoms with Gasteiger partial charge in [-0.1, -0.05) is 6.07 Å². The maximum atomic E-state index is 13.0. The number of alkyl halides is 5. The highest BCUT2D eigenvalue weighted by Crippen LogP contribution is 2.39. The number of alkyl carbamates (subject to hydrolysis) is 1. The average molecular weight is 485 g/mol. The second-order valence-corrected chi connectivity index (χ2v) is 8.99. The van der Waals surface area contributed by atoms with E-state index in [1.165, 1.54) is 13.2 Å². The fourth-order valence-electron chi connectivity index (χ4n) is 2.76. The third kappa shape index (κ3) is 9.61. The third-order valence-electron chi connectivity index (χ3n) is 4.65. The molecule has 1 aromatic carbocycles. The lowest BCUT2D eigenvalue weighted by Gasteiger charge is -2.30. The first kappa shape index (κ1) is 28.7. The van der Waals surface area contributed by atoms with Crippen molar-refractivity contribution in [3.63, 3.8) is 0 Å². The summed E-state index contributed by atoms with van der Waals surface area (Å²) < 4.78 is 78.3. The zero-order valence-corrected chi connectivity index (χ0v) is 19.4. The minimum Gasteiger partial charge on any atom is -0.493 e. The van der Waals surface area contributed by atoms with E-state index in [1.54, 1.807) is 39.8 Å². The van der Waals surface area contributed by atoms with Crippen molar-refractivity contribution in [3.8, 4) is 11.5 Å². The Morgan fingerprint density at radius 2 is 1.67 bits per heavy atom. The third-order valence-corrected chi connectivity index (χ3v) is 4.65. The fraction of sp³-hybridized carbons (Fsp3) is 0.682. The van der Waals surface area contributed by atoms with Gasteiger partial charge < -0.3 is 24.6 Å². The van der Waals surface area contributed by atoms with Crippen molar-refractivity contribution in [1.29, 1.82) is 0 Å². The molecule has 0 saturated carbocycles. The number of nitrogens with one attached hydrogen (secondary N) is 1. The highest BCUT2D eigenvalue weighted by molar-refractivity contribution is 5.68. The smallest absolute Gasteiger partial charge is 0.453 e. The van der Waals surface area contributed by atoms with Crippen LogP contribution in [0.15, 0.2) is 18.2 Å². The molecule has 1 rings (SSSR count). The van der Waals surface area contributed by atoms with Crippen LogP contribution >= 0.6 is 0 Å². The number of ether oxygens (including phenoxy) is 3. The molecule has 0 bridgehead atoms. The zero-order valence-electron chi connectivity index (χ0n) is 19.4. The summed E-state index contributed by atoms with van der Waals surface area (Å²) in [6, 6.07) is 4.83. The summed E-state index contributed by atoms with van der Waals surface area (Å²) in [6.07, 6.45) is -7.33. The van der Waals surface area contributed by atoms with Crippen molar-refractivity contribution in [3.05, 3.63) is 23.8 Å². The first-order valence-electron chi connectivity index (χ1n) is 10.4. The highest BCUT2D eigenvalue weighted by Gasteiger charge is 2.56. The van der Waals surface area contributed by atoms with Crippen LogP contribution in [0.2, 0.25) is 0 Å². The average Bonchev–Trinajstić information content (AvgIpc) is 2.67. The molecule has 0 aromatic heterocycles. The second-order valence-electron chi connectivity index (χ2n) is 8.99. The summed E-state index contributed by atoms with van der Waals surface area (Å²) >= 11 is 0. The molecule has 0 aliphatic carbocycles. The summed E-state index contributed by atoms with van der Waals surface area (Å²) in [5.41, 5.74) is -0.866. The van der Waals surface area contributed by atoms with Gasteiger partial charge in [0.15, 0.2) is 11.5 Å². The summed E-state index contributed by atoms with van der Waals surface area (Å²) in [4.78, 5) is 12.0. The molecule has 6 nitrogen and oxygen atoms in total. The lowest BCUT2D eigenvalue weighted by Crippen LogP contribution is -2.50. The molecule has 190 valence electrons. The van der Waals surface area contributed by atoms with E-state index in [-0.39, 0.29) is 24.7 Å². The van der Waals surface area contributed by atoms with Crippen molar-refractivity contribution in [2.45, 2.75) is 76.6 Å². The van der Waals surface area contributed by atoms with Gasteiger partial charge in [-0.05, 0) is 64.7 Å². The Labute approximate surface area is 190 Å². The molecule has 0 spiro atoms. The van der Waals surface area contributed by atoms with Crippen molar-refractivity contribution in [2.75, 3.05) is 20.3 Å². The number of amides is 1. The maximum Gasteiger partial charge on any atom is 0.453 e. The van der Waals surface area contributed by atoms with Crippen molar-refractivity contribution < 1.29 is 46.1 Å². The van der Waals surface area contributed by atoms with Gasteiger partial charge in [0, 0.05) is 6.42 Å². The molecule has 1 aromatic rings. The second kappa shape index (κ2) is 11.2. The molecule has 1 amide bonds. The first-order valence-corrected chi connectivity index (χ1v) is 10.4. The summed E-state index contributed by atoms with van der Waals surface area (Å²) in [5.74, 6) is -4.29. The molecule has 11 heteroatoms. The Morgan fingerprint density at radius 3 is 2.18 bits per heavy atom. The van der Waals surface area contributed by atoms with Crippen molar-refractivity contribution in [2.24, 2.45) is 0 Å². The Bertz CT molecular complexity index is 779. The molecule has 33 heavy (non-hydrogen) atoms. The quantitative estimate of drug-likeness (QED) is 0.330. The Morgan fingerprint density at radius 1 is 1.03 bits per heavy atom. The maximum absolute atomic E-state index is 13.0. The van der Waals surface area contributed by atoms with Gasteiger partial charge in [0.2, 0.25) is 0 Å². The monoisotopic (exact) mass is 485 g/mol. The first-order chi connectivity index (χ1) is 15.0. The molecule has 1 atom stereocenters. The highest BCUT2D eigenvalue weighted by atomic mass is 19.4. The van der Waals surface area contributed by atoms with E-state index < -0.39 is 42.2 Å². The SMILES string of the molecule is COc1cc(CC[C@](C)(CO)NC(=O)OC(C)(C)C)ccc1OCCCC(F)(F)C(F)(F)F. The molecule has 0 radical (unpaired) electrons. The van der Waals surface area contributed by atoms with Gasteiger partial charge in [-0.2, -0.15) is 22.0 Å². The molecular formula is C22H32F5NO5. The van der Waals surface area contributed by atoms with Gasteiger partial charge in [-0.25, -0.2) is 4.79 Å². The Hall–Kier alpha value is -2.30. The number of benzene rings is 1. The van der Waals surface area contributed by atoms with E-state index in [4.69, 9.17) is 14.2 Å². The van der Waals surface area contributed by atoms with Gasteiger partial charge in [0.05, 0.1) is 25.9 Å². The van der Waals surface area contributed by atoms with E-state index in [2.05, 4.69) is 5.32 Å². The van der Waals surface area contributed by atoms with E-state index in [0.717, 1.165) is 5.56 Å². The van der Waals surface area contributed by atoms with Crippen LogP contribution in [-0.4, -0.2) is 54.8 Å². The number of carbonyl (C=O) groups is 1. The largest absolute Gasteiger partial charge is 0.493 e. The van der Waals surface area contributed by atoms with Gasteiger partial charge in [0.1, 0.15) is 5.60 Å². The minimum absolute atomic E-state index is 0.202. The van der Waals surface area contributed by atoms with Crippen LogP contribution in [0.1, 0.15) is 52.5 Å². The van der Waals surface area contributed by atoms with Crippen LogP contribution in [0.5, 0.6) is 11.5 Å². The lowest BCUT2D eigenvalue weighted by molar-refractivity contribution is -0.284. The zero-order chi connectivity index (χ0) is 25.5. The van der Waals surface area contributed by atoms with Crippen LogP contribution in [0.4, 0.5) is 26.7 Å². The molecule has 0 saturated heterocycles. The number of carbonyl (C=O) groups excluding carboxylic acids is 1. The van der Waals surface area contributed by atoms with E-state index in [1.807, 2.05) is 0 Å². The predicted octanol–water partition coefficient (Wildman–Crippen LogP) is 5.26. The van der Waals surface area contributed by atoms with Crippen LogP contribution < -0.4 is 14.8 Å². The minimum atomic E-state index is -5.59. The topological polar surface area (TPSA) is 77.0 Å². The van der Waals surface area contributed by atoms with Crippen LogP contribution in [-0.2, 0) is 11.2 Å². The van der Waals surface area contributed by atoms with Crippen LogP contribution in [0, 0.1) is 0 Å². The molecule has 0 unspecified atom stereocenters. The van der Waals surface area contributed by atoms with Crippen molar-refractivity contribution in [1.82, 2.24) is 5.32 Å². The lowest BCUT2D eigenvalue weighted by atomic mass is 9.94. The van der Waals surface area contributed by atoms with Crippen LogP contribution in [0.25, 0.3) is 0 Å². The van der Waals surface area contributed by atoms with Crippen molar-refractivity contribution >= 4 is 6.09 Å². The Kier molecular flexibility index (Phi) is 9.77. The summed E-state index contributed by atoms with van der Waals surface area (Å²) in [5, 5.41) is 12.4. The normalized spacial score (nSPS) is 14.4.